The number of methoxy groups -OCH3 is 1. The van der Waals surface area contributed by atoms with Crippen molar-refractivity contribution in [1.29, 1.82) is 0 Å². The molecule has 0 saturated heterocycles. The second-order valence-corrected chi connectivity index (χ2v) is 6.47. The SMILES string of the molecule is CCOc1cc(C=NNC(=O)c2ccccc2O)ccc1OC(=O)c1ccc(OC)cc1. The highest BCUT2D eigenvalue weighted by Crippen LogP contribution is 2.29. The summed E-state index contributed by atoms with van der Waals surface area (Å²) < 4.78 is 16.1. The predicted octanol–water partition coefficient (Wildman–Crippen LogP) is 3.78. The van der Waals surface area contributed by atoms with Gasteiger partial charge in [-0.25, -0.2) is 10.2 Å². The van der Waals surface area contributed by atoms with Gasteiger partial charge in [-0.15, -0.1) is 0 Å². The topological polar surface area (TPSA) is 106 Å². The summed E-state index contributed by atoms with van der Waals surface area (Å²) in [6, 6.07) is 17.6. The second kappa shape index (κ2) is 10.6. The molecule has 8 heteroatoms. The number of carbonyl (C=O) groups excluding carboxylic acids is 2. The Morgan fingerprint density at radius 1 is 1.03 bits per heavy atom. The Kier molecular flexibility index (Phi) is 7.42. The fraction of sp³-hybridized carbons (Fsp3) is 0.125. The molecule has 0 unspecified atom stereocenters. The number of esters is 1. The Hall–Kier alpha value is -4.33. The minimum absolute atomic E-state index is 0.112. The molecule has 0 atom stereocenters. The number of amides is 1. The lowest BCUT2D eigenvalue weighted by Crippen LogP contribution is -2.17. The summed E-state index contributed by atoms with van der Waals surface area (Å²) in [5, 5.41) is 13.6. The van der Waals surface area contributed by atoms with E-state index in [-0.39, 0.29) is 17.1 Å². The van der Waals surface area contributed by atoms with Gasteiger partial charge in [-0.05, 0) is 67.1 Å². The molecule has 164 valence electrons. The van der Waals surface area contributed by atoms with Crippen LogP contribution in [0.25, 0.3) is 0 Å². The van der Waals surface area contributed by atoms with Crippen molar-refractivity contribution in [2.45, 2.75) is 6.92 Å². The molecule has 1 amide bonds. The number of phenolic OH excluding ortho intramolecular Hbond substituents is 1. The third-order valence-corrected chi connectivity index (χ3v) is 4.32. The van der Waals surface area contributed by atoms with Gasteiger partial charge in [-0.2, -0.15) is 5.10 Å². The van der Waals surface area contributed by atoms with Gasteiger partial charge in [0.2, 0.25) is 0 Å². The normalized spacial score (nSPS) is 10.6. The van der Waals surface area contributed by atoms with Gasteiger partial charge in [-0.3, -0.25) is 4.79 Å². The van der Waals surface area contributed by atoms with E-state index >= 15 is 0 Å². The highest BCUT2D eigenvalue weighted by Gasteiger charge is 2.14. The molecule has 0 fully saturated rings. The van der Waals surface area contributed by atoms with Crippen LogP contribution in [0, 0.1) is 0 Å². The van der Waals surface area contributed by atoms with E-state index in [1.807, 2.05) is 6.92 Å². The highest BCUT2D eigenvalue weighted by molar-refractivity contribution is 5.97. The molecule has 0 aliphatic heterocycles. The molecule has 3 aromatic rings. The Morgan fingerprint density at radius 2 is 1.78 bits per heavy atom. The molecule has 0 spiro atoms. The molecule has 0 bridgehead atoms. The molecule has 8 nitrogen and oxygen atoms in total. The van der Waals surface area contributed by atoms with Gasteiger partial charge >= 0.3 is 5.97 Å². The van der Waals surface area contributed by atoms with E-state index in [1.165, 1.54) is 18.3 Å². The minimum atomic E-state index is -0.547. The number of aromatic hydroxyl groups is 1. The number of nitrogens with one attached hydrogen (secondary N) is 1. The van der Waals surface area contributed by atoms with Crippen LogP contribution in [0.4, 0.5) is 0 Å². The standard InChI is InChI=1S/C24H22N2O6/c1-3-31-22-14-16(15-25-26-23(28)19-6-4-5-7-20(19)27)8-13-21(22)32-24(29)17-9-11-18(30-2)12-10-17/h4-15,27H,3H2,1-2H3,(H,26,28). The number of hydrazone groups is 1. The van der Waals surface area contributed by atoms with E-state index in [4.69, 9.17) is 14.2 Å². The first-order valence-corrected chi connectivity index (χ1v) is 9.76. The fourth-order valence-electron chi connectivity index (χ4n) is 2.73. The van der Waals surface area contributed by atoms with E-state index in [0.717, 1.165) is 0 Å². The maximum absolute atomic E-state index is 12.5. The monoisotopic (exact) mass is 434 g/mol. The van der Waals surface area contributed by atoms with E-state index < -0.39 is 11.9 Å². The number of benzene rings is 3. The van der Waals surface area contributed by atoms with Crippen molar-refractivity contribution in [2.75, 3.05) is 13.7 Å². The summed E-state index contributed by atoms with van der Waals surface area (Å²) in [5.74, 6) is 0.0180. The average molecular weight is 434 g/mol. The smallest absolute Gasteiger partial charge is 0.343 e. The maximum Gasteiger partial charge on any atom is 0.343 e. The van der Waals surface area contributed by atoms with Crippen molar-refractivity contribution in [3.8, 4) is 23.0 Å². The highest BCUT2D eigenvalue weighted by atomic mass is 16.6. The summed E-state index contributed by atoms with van der Waals surface area (Å²) in [7, 11) is 1.55. The van der Waals surface area contributed by atoms with Crippen LogP contribution in [0.1, 0.15) is 33.2 Å². The predicted molar refractivity (Wildman–Crippen MR) is 119 cm³/mol. The van der Waals surface area contributed by atoms with Crippen LogP contribution < -0.4 is 19.6 Å². The van der Waals surface area contributed by atoms with Gasteiger partial charge in [0, 0.05) is 0 Å². The summed E-state index contributed by atoms with van der Waals surface area (Å²) in [4.78, 5) is 24.6. The van der Waals surface area contributed by atoms with Gasteiger partial charge in [0.15, 0.2) is 11.5 Å². The van der Waals surface area contributed by atoms with E-state index in [2.05, 4.69) is 10.5 Å². The fourth-order valence-corrected chi connectivity index (χ4v) is 2.73. The first kappa shape index (κ1) is 22.4. The third kappa shape index (κ3) is 5.63. The Balaban J connectivity index is 1.70. The van der Waals surface area contributed by atoms with Crippen LogP contribution in [0.3, 0.4) is 0 Å². The summed E-state index contributed by atoms with van der Waals surface area (Å²) in [5.41, 5.74) is 3.44. The third-order valence-electron chi connectivity index (χ3n) is 4.32. The van der Waals surface area contributed by atoms with Gasteiger partial charge in [-0.1, -0.05) is 12.1 Å². The van der Waals surface area contributed by atoms with Crippen LogP contribution in [0.5, 0.6) is 23.0 Å². The number of hydrogen-bond acceptors (Lipinski definition) is 7. The molecule has 0 aliphatic rings. The molecule has 0 heterocycles. The number of para-hydroxylation sites is 1. The zero-order chi connectivity index (χ0) is 22.9. The van der Waals surface area contributed by atoms with E-state index in [0.29, 0.717) is 29.2 Å². The molecule has 3 aromatic carbocycles. The Labute approximate surface area is 185 Å². The van der Waals surface area contributed by atoms with E-state index in [1.54, 1.807) is 61.7 Å². The Bertz CT molecular complexity index is 1130. The number of nitrogens with zero attached hydrogens (tertiary/aromatic N) is 1. The molecule has 32 heavy (non-hydrogen) atoms. The molecule has 0 aromatic heterocycles. The number of phenols is 1. The van der Waals surface area contributed by atoms with Gasteiger partial charge in [0.05, 0.1) is 31.1 Å². The number of hydrogen-bond donors (Lipinski definition) is 2. The second-order valence-electron chi connectivity index (χ2n) is 6.47. The van der Waals surface area contributed by atoms with E-state index in [9.17, 15) is 14.7 Å². The first-order chi connectivity index (χ1) is 15.5. The largest absolute Gasteiger partial charge is 0.507 e. The van der Waals surface area contributed by atoms with Crippen molar-refractivity contribution in [3.63, 3.8) is 0 Å². The number of ether oxygens (including phenoxy) is 3. The Morgan fingerprint density at radius 3 is 2.47 bits per heavy atom. The minimum Gasteiger partial charge on any atom is -0.507 e. The van der Waals surface area contributed by atoms with Crippen LogP contribution in [0.2, 0.25) is 0 Å². The maximum atomic E-state index is 12.5. The quantitative estimate of drug-likeness (QED) is 0.242. The van der Waals surface area contributed by atoms with Crippen molar-refractivity contribution >= 4 is 18.1 Å². The molecule has 0 radical (unpaired) electrons. The summed E-state index contributed by atoms with van der Waals surface area (Å²) >= 11 is 0. The van der Waals surface area contributed by atoms with Gasteiger partial charge in [0.25, 0.3) is 5.91 Å². The van der Waals surface area contributed by atoms with Gasteiger partial charge < -0.3 is 19.3 Å². The number of carbonyl (C=O) groups is 2. The number of rotatable bonds is 8. The van der Waals surface area contributed by atoms with Crippen LogP contribution in [-0.4, -0.2) is 36.9 Å². The van der Waals surface area contributed by atoms with Crippen molar-refractivity contribution < 1.29 is 28.9 Å². The molecule has 0 aliphatic carbocycles. The summed E-state index contributed by atoms with van der Waals surface area (Å²) in [6.07, 6.45) is 1.41. The van der Waals surface area contributed by atoms with Crippen LogP contribution in [0.15, 0.2) is 71.8 Å². The van der Waals surface area contributed by atoms with Gasteiger partial charge in [0.1, 0.15) is 11.5 Å². The molecular formula is C24H22N2O6. The van der Waals surface area contributed by atoms with Crippen LogP contribution >= 0.6 is 0 Å². The lowest BCUT2D eigenvalue weighted by atomic mass is 10.2. The van der Waals surface area contributed by atoms with Crippen LogP contribution in [-0.2, 0) is 0 Å². The molecule has 3 rings (SSSR count). The molecule has 2 N–H and O–H groups in total. The average Bonchev–Trinajstić information content (AvgIpc) is 2.81. The van der Waals surface area contributed by atoms with Crippen molar-refractivity contribution in [1.82, 2.24) is 5.43 Å². The van der Waals surface area contributed by atoms with Crippen molar-refractivity contribution in [3.05, 3.63) is 83.4 Å². The van der Waals surface area contributed by atoms with Crippen molar-refractivity contribution in [2.24, 2.45) is 5.10 Å². The lowest BCUT2D eigenvalue weighted by molar-refractivity contribution is 0.0728. The first-order valence-electron chi connectivity index (χ1n) is 9.76. The zero-order valence-corrected chi connectivity index (χ0v) is 17.6. The zero-order valence-electron chi connectivity index (χ0n) is 17.6. The lowest BCUT2D eigenvalue weighted by Gasteiger charge is -2.11. The molecular weight excluding hydrogens is 412 g/mol. The summed E-state index contributed by atoms with van der Waals surface area (Å²) in [6.45, 7) is 2.17. The molecule has 0 saturated carbocycles.